The average Bonchev–Trinajstić information content (AvgIpc) is 3.06. The Hall–Kier alpha value is -2.13. The number of aromatic amines is 1. The molecule has 0 fully saturated rings. The van der Waals surface area contributed by atoms with Gasteiger partial charge < -0.3 is 4.98 Å². The smallest absolute Gasteiger partial charge is 0.327 e. The van der Waals surface area contributed by atoms with Crippen molar-refractivity contribution in [3.63, 3.8) is 0 Å². The Morgan fingerprint density at radius 1 is 1.11 bits per heavy atom. The van der Waals surface area contributed by atoms with Crippen LogP contribution in [0.5, 0.6) is 0 Å². The highest BCUT2D eigenvalue weighted by molar-refractivity contribution is 8.93. The van der Waals surface area contributed by atoms with Gasteiger partial charge in [0.05, 0.1) is 5.75 Å². The second kappa shape index (κ2) is 8.08. The quantitative estimate of drug-likeness (QED) is 0.471. The van der Waals surface area contributed by atoms with Gasteiger partial charge in [0, 0.05) is 19.7 Å². The Morgan fingerprint density at radius 3 is 2.29 bits per heavy atom. The molecule has 28 heavy (non-hydrogen) atoms. The van der Waals surface area contributed by atoms with Crippen molar-refractivity contribution < 1.29 is 4.79 Å². The van der Waals surface area contributed by atoms with Crippen LogP contribution in [-0.4, -0.2) is 30.6 Å². The molecule has 0 unspecified atom stereocenters. The van der Waals surface area contributed by atoms with E-state index >= 15 is 0 Å². The third kappa shape index (κ3) is 4.15. The number of benzene rings is 1. The molecule has 0 amide bonds. The van der Waals surface area contributed by atoms with Crippen LogP contribution in [0.2, 0.25) is 0 Å². The average molecular weight is 467 g/mol. The molecule has 0 saturated carbocycles. The van der Waals surface area contributed by atoms with E-state index in [4.69, 9.17) is 0 Å². The molecule has 1 N–H and O–H groups in total. The maximum atomic E-state index is 12.5. The van der Waals surface area contributed by atoms with Crippen molar-refractivity contribution >= 4 is 45.7 Å². The standard InChI is InChI=1S/C19H22N4O3S.BrH/c1-19(2,3)12-8-6-11(7-9-12)13(24)10-27-17-20-14-15(21-17)22(4)18(26)23(5)16(14)25;/h6-9H,10H2,1-5H3,(H,20,21);1H. The summed E-state index contributed by atoms with van der Waals surface area (Å²) in [6.07, 6.45) is 0. The van der Waals surface area contributed by atoms with Gasteiger partial charge in [-0.3, -0.25) is 18.7 Å². The van der Waals surface area contributed by atoms with E-state index in [1.54, 1.807) is 7.05 Å². The molecule has 0 saturated heterocycles. The van der Waals surface area contributed by atoms with Crippen LogP contribution in [0.1, 0.15) is 36.7 Å². The zero-order chi connectivity index (χ0) is 19.9. The van der Waals surface area contributed by atoms with Crippen molar-refractivity contribution in [1.29, 1.82) is 0 Å². The zero-order valence-corrected chi connectivity index (χ0v) is 18.9. The number of ketones is 1. The maximum absolute atomic E-state index is 12.5. The summed E-state index contributed by atoms with van der Waals surface area (Å²) >= 11 is 1.21. The first-order valence-electron chi connectivity index (χ1n) is 8.52. The molecule has 150 valence electrons. The first kappa shape index (κ1) is 22.2. The number of Topliss-reactive ketones (excluding diaryl/α,β-unsaturated/α-hetero) is 1. The summed E-state index contributed by atoms with van der Waals surface area (Å²) in [6, 6.07) is 7.61. The Morgan fingerprint density at radius 2 is 1.71 bits per heavy atom. The fourth-order valence-corrected chi connectivity index (χ4v) is 3.51. The Kier molecular flexibility index (Phi) is 6.40. The number of nitrogens with zero attached hydrogens (tertiary/aromatic N) is 3. The molecule has 0 aliphatic carbocycles. The lowest BCUT2D eigenvalue weighted by atomic mass is 9.86. The zero-order valence-electron chi connectivity index (χ0n) is 16.4. The minimum Gasteiger partial charge on any atom is -0.327 e. The molecule has 1 aromatic carbocycles. The van der Waals surface area contributed by atoms with E-state index in [0.717, 1.165) is 4.57 Å². The van der Waals surface area contributed by atoms with Crippen molar-refractivity contribution in [3.05, 3.63) is 56.2 Å². The molecule has 2 aromatic heterocycles. The fourth-order valence-electron chi connectivity index (χ4n) is 2.75. The molecule has 9 heteroatoms. The van der Waals surface area contributed by atoms with Gasteiger partial charge in [0.15, 0.2) is 22.1 Å². The van der Waals surface area contributed by atoms with Crippen molar-refractivity contribution in [2.75, 3.05) is 5.75 Å². The normalized spacial score (nSPS) is 11.5. The minimum atomic E-state index is -0.439. The summed E-state index contributed by atoms with van der Waals surface area (Å²) in [5.74, 6) is 0.158. The van der Waals surface area contributed by atoms with Crippen LogP contribution < -0.4 is 11.2 Å². The molecule has 0 bridgehead atoms. The minimum absolute atomic E-state index is 0. The lowest BCUT2D eigenvalue weighted by Gasteiger charge is -2.18. The Balaban J connectivity index is 0.00000280. The number of hydrogen-bond acceptors (Lipinski definition) is 5. The topological polar surface area (TPSA) is 89.8 Å². The molecule has 2 heterocycles. The summed E-state index contributed by atoms with van der Waals surface area (Å²) in [7, 11) is 2.98. The summed E-state index contributed by atoms with van der Waals surface area (Å²) in [5.41, 5.74) is 1.50. The Labute approximate surface area is 176 Å². The van der Waals surface area contributed by atoms with Gasteiger partial charge in [-0.1, -0.05) is 56.8 Å². The van der Waals surface area contributed by atoms with E-state index in [9.17, 15) is 14.4 Å². The van der Waals surface area contributed by atoms with Crippen molar-refractivity contribution in [2.24, 2.45) is 14.1 Å². The molecule has 7 nitrogen and oxygen atoms in total. The number of aryl methyl sites for hydroxylation is 1. The number of H-pyrrole nitrogens is 1. The van der Waals surface area contributed by atoms with Gasteiger partial charge >= 0.3 is 5.69 Å². The molecule has 0 aliphatic rings. The van der Waals surface area contributed by atoms with E-state index in [1.165, 1.54) is 28.9 Å². The first-order valence-corrected chi connectivity index (χ1v) is 9.50. The van der Waals surface area contributed by atoms with Gasteiger partial charge in [-0.25, -0.2) is 9.78 Å². The largest absolute Gasteiger partial charge is 0.332 e. The second-order valence-corrected chi connectivity index (χ2v) is 8.45. The van der Waals surface area contributed by atoms with E-state index in [2.05, 4.69) is 30.7 Å². The molecular formula is C19H23BrN4O3S. The molecular weight excluding hydrogens is 444 g/mol. The Bertz CT molecular complexity index is 1140. The van der Waals surface area contributed by atoms with E-state index in [0.29, 0.717) is 10.7 Å². The van der Waals surface area contributed by atoms with Crippen molar-refractivity contribution in [3.8, 4) is 0 Å². The number of carbonyl (C=O) groups is 1. The predicted molar refractivity (Wildman–Crippen MR) is 117 cm³/mol. The number of nitrogens with one attached hydrogen (secondary N) is 1. The second-order valence-electron chi connectivity index (χ2n) is 7.49. The van der Waals surface area contributed by atoms with Crippen molar-refractivity contribution in [2.45, 2.75) is 31.3 Å². The number of carbonyl (C=O) groups excluding carboxylic acids is 1. The van der Waals surface area contributed by atoms with E-state index < -0.39 is 11.2 Å². The number of fused-ring (bicyclic) bond motifs is 1. The van der Waals surface area contributed by atoms with Gasteiger partial charge in [0.2, 0.25) is 0 Å². The van der Waals surface area contributed by atoms with Gasteiger partial charge in [0.1, 0.15) is 0 Å². The molecule has 0 aliphatic heterocycles. The highest BCUT2D eigenvalue weighted by Crippen LogP contribution is 2.23. The lowest BCUT2D eigenvalue weighted by Crippen LogP contribution is -2.36. The summed E-state index contributed by atoms with van der Waals surface area (Å²) in [6.45, 7) is 6.37. The predicted octanol–water partition coefficient (Wildman–Crippen LogP) is 2.81. The number of imidazole rings is 1. The molecule has 0 spiro atoms. The molecule has 0 atom stereocenters. The maximum Gasteiger partial charge on any atom is 0.332 e. The lowest BCUT2D eigenvalue weighted by molar-refractivity contribution is 0.102. The van der Waals surface area contributed by atoms with Crippen LogP contribution in [0, 0.1) is 0 Å². The molecule has 3 rings (SSSR count). The van der Waals surface area contributed by atoms with Crippen LogP contribution in [0.15, 0.2) is 39.0 Å². The van der Waals surface area contributed by atoms with Crippen LogP contribution >= 0.6 is 28.7 Å². The number of aromatic nitrogens is 4. The highest BCUT2D eigenvalue weighted by atomic mass is 79.9. The van der Waals surface area contributed by atoms with Gasteiger partial charge in [-0.05, 0) is 11.0 Å². The van der Waals surface area contributed by atoms with Crippen LogP contribution in [-0.2, 0) is 19.5 Å². The van der Waals surface area contributed by atoms with E-state index in [1.807, 2.05) is 24.3 Å². The van der Waals surface area contributed by atoms with Crippen LogP contribution in [0.4, 0.5) is 0 Å². The van der Waals surface area contributed by atoms with Gasteiger partial charge in [0.25, 0.3) is 5.56 Å². The summed E-state index contributed by atoms with van der Waals surface area (Å²) < 4.78 is 2.33. The number of thioether (sulfide) groups is 1. The fraction of sp³-hybridized carbons (Fsp3) is 0.368. The number of hydrogen-bond donors (Lipinski definition) is 1. The SMILES string of the molecule is Br.Cn1c(=O)c2[nH]c(SCC(=O)c3ccc(C(C)(C)C)cc3)nc2n(C)c1=O. The van der Waals surface area contributed by atoms with Crippen LogP contribution in [0.3, 0.4) is 0 Å². The monoisotopic (exact) mass is 466 g/mol. The summed E-state index contributed by atoms with van der Waals surface area (Å²) in [5, 5.41) is 0.433. The van der Waals surface area contributed by atoms with Crippen LogP contribution in [0.25, 0.3) is 11.2 Å². The molecule has 3 aromatic rings. The number of halogens is 1. The molecule has 0 radical (unpaired) electrons. The van der Waals surface area contributed by atoms with Gasteiger partial charge in [-0.2, -0.15) is 0 Å². The number of rotatable bonds is 4. The third-order valence-corrected chi connectivity index (χ3v) is 5.36. The van der Waals surface area contributed by atoms with Crippen molar-refractivity contribution in [1.82, 2.24) is 19.1 Å². The van der Waals surface area contributed by atoms with E-state index in [-0.39, 0.29) is 45.1 Å². The highest BCUT2D eigenvalue weighted by Gasteiger charge is 2.16. The third-order valence-electron chi connectivity index (χ3n) is 4.49. The first-order chi connectivity index (χ1) is 12.6. The summed E-state index contributed by atoms with van der Waals surface area (Å²) in [4.78, 5) is 43.8. The van der Waals surface area contributed by atoms with Gasteiger partial charge in [-0.15, -0.1) is 17.0 Å².